The van der Waals surface area contributed by atoms with E-state index in [1.807, 2.05) is 0 Å². The van der Waals surface area contributed by atoms with Crippen LogP contribution in [0, 0.1) is 0 Å². The van der Waals surface area contributed by atoms with Crippen LogP contribution < -0.4 is 0 Å². The maximum atomic E-state index is 12.8. The van der Waals surface area contributed by atoms with Crippen molar-refractivity contribution < 1.29 is 28.6 Å². The van der Waals surface area contributed by atoms with Gasteiger partial charge < -0.3 is 14.2 Å². The van der Waals surface area contributed by atoms with E-state index in [9.17, 15) is 14.4 Å². The smallest absolute Gasteiger partial charge is 0.306 e. The molecule has 0 aromatic carbocycles. The Morgan fingerprint density at radius 2 is 0.524 bits per heavy atom. The summed E-state index contributed by atoms with van der Waals surface area (Å²) in [4.78, 5) is 38.0. The lowest BCUT2D eigenvalue weighted by Crippen LogP contribution is -2.30. The molecule has 0 aliphatic heterocycles. The van der Waals surface area contributed by atoms with Crippen molar-refractivity contribution >= 4 is 17.9 Å². The zero-order chi connectivity index (χ0) is 45.8. The lowest BCUT2D eigenvalue weighted by Gasteiger charge is -2.18. The third-order valence-corrected chi connectivity index (χ3v) is 12.1. The van der Waals surface area contributed by atoms with E-state index in [1.165, 1.54) is 180 Å². The normalized spacial score (nSPS) is 11.8. The molecule has 0 heterocycles. The van der Waals surface area contributed by atoms with Crippen LogP contribution in [0.4, 0.5) is 0 Å². The number of unbranched alkanes of at least 4 members (excludes halogenated alkanes) is 33. The maximum Gasteiger partial charge on any atom is 0.306 e. The predicted molar refractivity (Wildman–Crippen MR) is 270 cm³/mol. The van der Waals surface area contributed by atoms with Crippen LogP contribution in [0.15, 0.2) is 36.5 Å². The summed E-state index contributed by atoms with van der Waals surface area (Å²) in [7, 11) is 0. The fourth-order valence-corrected chi connectivity index (χ4v) is 7.90. The van der Waals surface area contributed by atoms with Crippen LogP contribution in [-0.2, 0) is 28.6 Å². The second kappa shape index (κ2) is 52.3. The molecule has 6 nitrogen and oxygen atoms in total. The number of ether oxygens (including phenoxy) is 3. The third kappa shape index (κ3) is 50.5. The Kier molecular flexibility index (Phi) is 50.3. The molecule has 0 atom stereocenters. The van der Waals surface area contributed by atoms with E-state index in [0.717, 1.165) is 70.6 Å². The van der Waals surface area contributed by atoms with Crippen LogP contribution in [0.1, 0.15) is 290 Å². The zero-order valence-electron chi connectivity index (χ0n) is 42.1. The first-order valence-electron chi connectivity index (χ1n) is 27.5. The maximum absolute atomic E-state index is 12.8. The molecule has 0 aliphatic carbocycles. The summed E-state index contributed by atoms with van der Waals surface area (Å²) in [5.41, 5.74) is 0. The molecular weight excluding hydrogens is 781 g/mol. The minimum Gasteiger partial charge on any atom is -0.462 e. The highest BCUT2D eigenvalue weighted by Gasteiger charge is 2.19. The first-order valence-corrected chi connectivity index (χ1v) is 27.5. The summed E-state index contributed by atoms with van der Waals surface area (Å²) in [5.74, 6) is -0.885. The van der Waals surface area contributed by atoms with Gasteiger partial charge in [-0.15, -0.1) is 0 Å². The fourth-order valence-electron chi connectivity index (χ4n) is 7.90. The van der Waals surface area contributed by atoms with E-state index in [4.69, 9.17) is 14.2 Å². The highest BCUT2D eigenvalue weighted by atomic mass is 16.6. The molecule has 0 unspecified atom stereocenters. The van der Waals surface area contributed by atoms with Gasteiger partial charge in [-0.3, -0.25) is 14.4 Å². The van der Waals surface area contributed by atoms with Gasteiger partial charge in [-0.25, -0.2) is 0 Å². The van der Waals surface area contributed by atoms with Crippen LogP contribution in [0.2, 0.25) is 0 Å². The van der Waals surface area contributed by atoms with Crippen molar-refractivity contribution in [2.45, 2.75) is 297 Å². The Morgan fingerprint density at radius 1 is 0.302 bits per heavy atom. The molecule has 0 saturated heterocycles. The van der Waals surface area contributed by atoms with Gasteiger partial charge in [-0.1, -0.05) is 211 Å². The minimum absolute atomic E-state index is 0.0781. The van der Waals surface area contributed by atoms with E-state index in [0.29, 0.717) is 19.3 Å². The Bertz CT molecular complexity index is 1010. The van der Waals surface area contributed by atoms with Gasteiger partial charge >= 0.3 is 17.9 Å². The van der Waals surface area contributed by atoms with Crippen LogP contribution in [0.25, 0.3) is 0 Å². The van der Waals surface area contributed by atoms with Crippen molar-refractivity contribution in [3.63, 3.8) is 0 Å². The van der Waals surface area contributed by atoms with E-state index in [1.54, 1.807) is 0 Å². The topological polar surface area (TPSA) is 78.9 Å². The van der Waals surface area contributed by atoms with Gasteiger partial charge in [0.05, 0.1) is 0 Å². The monoisotopic (exact) mass is 885 g/mol. The summed E-state index contributed by atoms with van der Waals surface area (Å²) < 4.78 is 16.8. The fraction of sp³-hybridized carbons (Fsp3) is 0.842. The third-order valence-electron chi connectivity index (χ3n) is 12.1. The highest BCUT2D eigenvalue weighted by molar-refractivity contribution is 5.71. The van der Waals surface area contributed by atoms with Crippen LogP contribution >= 0.6 is 0 Å². The van der Waals surface area contributed by atoms with Crippen molar-refractivity contribution in [2.75, 3.05) is 13.2 Å². The Hall–Kier alpha value is -2.37. The van der Waals surface area contributed by atoms with Crippen molar-refractivity contribution in [3.05, 3.63) is 36.5 Å². The van der Waals surface area contributed by atoms with Gasteiger partial charge in [-0.05, 0) is 96.3 Å². The van der Waals surface area contributed by atoms with Gasteiger partial charge in [-0.2, -0.15) is 0 Å². The SMILES string of the molecule is CCCCCC/C=C\CCCCCCCC(=O)OCC(COC(=O)CCCCCCC/C=C\CCCCCC)OC(=O)CCCCCCCCCCC/C=C\CCCCCCCC. The summed E-state index contributed by atoms with van der Waals surface area (Å²) in [6.45, 7) is 6.61. The summed E-state index contributed by atoms with van der Waals surface area (Å²) in [6, 6.07) is 0. The summed E-state index contributed by atoms with van der Waals surface area (Å²) in [6.07, 6.45) is 61.3. The van der Waals surface area contributed by atoms with Crippen molar-refractivity contribution in [2.24, 2.45) is 0 Å². The molecule has 0 N–H and O–H groups in total. The highest BCUT2D eigenvalue weighted by Crippen LogP contribution is 2.15. The second-order valence-corrected chi connectivity index (χ2v) is 18.5. The van der Waals surface area contributed by atoms with Crippen LogP contribution in [0.5, 0.6) is 0 Å². The Balaban J connectivity index is 4.35. The summed E-state index contributed by atoms with van der Waals surface area (Å²) in [5, 5.41) is 0. The second-order valence-electron chi connectivity index (χ2n) is 18.5. The Labute approximate surface area is 391 Å². The van der Waals surface area contributed by atoms with Gasteiger partial charge in [0.15, 0.2) is 6.10 Å². The average molecular weight is 885 g/mol. The first kappa shape index (κ1) is 60.6. The molecular formula is C57H104O6. The lowest BCUT2D eigenvalue weighted by molar-refractivity contribution is -0.167. The molecule has 6 heteroatoms. The number of allylic oxidation sites excluding steroid dienone is 6. The van der Waals surface area contributed by atoms with Crippen molar-refractivity contribution in [1.29, 1.82) is 0 Å². The molecule has 0 aromatic rings. The van der Waals surface area contributed by atoms with E-state index in [-0.39, 0.29) is 31.1 Å². The molecule has 368 valence electrons. The van der Waals surface area contributed by atoms with E-state index in [2.05, 4.69) is 57.2 Å². The van der Waals surface area contributed by atoms with Gasteiger partial charge in [0, 0.05) is 19.3 Å². The zero-order valence-corrected chi connectivity index (χ0v) is 42.1. The molecule has 0 bridgehead atoms. The minimum atomic E-state index is -0.777. The van der Waals surface area contributed by atoms with Gasteiger partial charge in [0.1, 0.15) is 13.2 Å². The lowest BCUT2D eigenvalue weighted by atomic mass is 10.1. The van der Waals surface area contributed by atoms with Gasteiger partial charge in [0.2, 0.25) is 0 Å². The number of carbonyl (C=O) groups excluding carboxylic acids is 3. The number of esters is 3. The summed E-state index contributed by atoms with van der Waals surface area (Å²) >= 11 is 0. The first-order chi connectivity index (χ1) is 31.0. The molecule has 63 heavy (non-hydrogen) atoms. The molecule has 0 aromatic heterocycles. The van der Waals surface area contributed by atoms with Gasteiger partial charge in [0.25, 0.3) is 0 Å². The van der Waals surface area contributed by atoms with Crippen molar-refractivity contribution in [1.82, 2.24) is 0 Å². The van der Waals surface area contributed by atoms with Crippen LogP contribution in [0.3, 0.4) is 0 Å². The van der Waals surface area contributed by atoms with Crippen molar-refractivity contribution in [3.8, 4) is 0 Å². The largest absolute Gasteiger partial charge is 0.462 e. The van der Waals surface area contributed by atoms with E-state index >= 15 is 0 Å². The number of rotatable bonds is 50. The predicted octanol–water partition coefficient (Wildman–Crippen LogP) is 18.1. The molecule has 0 saturated carbocycles. The van der Waals surface area contributed by atoms with E-state index < -0.39 is 6.10 Å². The number of hydrogen-bond donors (Lipinski definition) is 0. The molecule has 0 aliphatic rings. The molecule has 0 rings (SSSR count). The quantitative estimate of drug-likeness (QED) is 0.0262. The number of carbonyl (C=O) groups is 3. The standard InChI is InChI=1S/C57H104O6/c1-4-7-10-13-16-19-22-25-26-27-28-29-30-33-36-39-42-45-48-51-57(60)63-54(52-61-55(58)49-46-43-40-37-34-31-23-20-17-14-11-8-5-2)53-62-56(59)50-47-44-41-38-35-32-24-21-18-15-12-9-6-3/h20-21,23-26,54H,4-19,22,27-53H2,1-3H3/b23-20-,24-21-,26-25-. The number of hydrogen-bond acceptors (Lipinski definition) is 6. The van der Waals surface area contributed by atoms with Crippen LogP contribution in [-0.4, -0.2) is 37.2 Å². The molecule has 0 radical (unpaired) electrons. The molecule has 0 amide bonds. The molecule has 0 fully saturated rings. The molecule has 0 spiro atoms. The average Bonchev–Trinajstić information content (AvgIpc) is 3.28. The Morgan fingerprint density at radius 3 is 0.810 bits per heavy atom.